The minimum atomic E-state index is -0.0334. The van der Waals surface area contributed by atoms with Crippen molar-refractivity contribution >= 4 is 17.5 Å². The Kier molecular flexibility index (Phi) is 6.75. The van der Waals surface area contributed by atoms with Crippen molar-refractivity contribution < 1.29 is 14.3 Å². The Morgan fingerprint density at radius 1 is 0.931 bits per heavy atom. The molecule has 1 aliphatic rings. The molecule has 3 rings (SSSR count). The quantitative estimate of drug-likeness (QED) is 0.754. The van der Waals surface area contributed by atoms with Crippen molar-refractivity contribution in [1.82, 2.24) is 9.80 Å². The summed E-state index contributed by atoms with van der Waals surface area (Å²) in [5.74, 6) is 0.782. The van der Waals surface area contributed by atoms with E-state index in [4.69, 9.17) is 4.74 Å². The zero-order chi connectivity index (χ0) is 20.8. The molecule has 6 heteroatoms. The van der Waals surface area contributed by atoms with Crippen LogP contribution in [-0.4, -0.2) is 68.0 Å². The standard InChI is InChI=1S/C23H29N3O3/c1-4-24(5-2)22(27)18-7-6-8-19(17-18)23(28)26-15-13-25(14-16-26)20-9-11-21(29-3)12-10-20/h6-12,17H,4-5,13-16H2,1-3H3. The smallest absolute Gasteiger partial charge is 0.253 e. The summed E-state index contributed by atoms with van der Waals surface area (Å²) < 4.78 is 5.21. The van der Waals surface area contributed by atoms with Gasteiger partial charge >= 0.3 is 0 Å². The number of piperazine rings is 1. The van der Waals surface area contributed by atoms with Crippen molar-refractivity contribution in [1.29, 1.82) is 0 Å². The van der Waals surface area contributed by atoms with Crippen LogP contribution in [-0.2, 0) is 0 Å². The fraction of sp³-hybridized carbons (Fsp3) is 0.391. The van der Waals surface area contributed by atoms with E-state index in [1.807, 2.05) is 43.0 Å². The number of hydrogen-bond acceptors (Lipinski definition) is 4. The van der Waals surface area contributed by atoms with Crippen LogP contribution < -0.4 is 9.64 Å². The van der Waals surface area contributed by atoms with Gasteiger partial charge in [0.05, 0.1) is 7.11 Å². The third-order valence-electron chi connectivity index (χ3n) is 5.41. The summed E-state index contributed by atoms with van der Waals surface area (Å²) in [6, 6.07) is 15.1. The summed E-state index contributed by atoms with van der Waals surface area (Å²) in [6.45, 7) is 8.07. The van der Waals surface area contributed by atoms with Crippen LogP contribution in [0.2, 0.25) is 0 Å². The molecule has 0 saturated carbocycles. The predicted molar refractivity (Wildman–Crippen MR) is 115 cm³/mol. The molecule has 0 aliphatic carbocycles. The molecular weight excluding hydrogens is 366 g/mol. The number of rotatable bonds is 6. The first-order valence-corrected chi connectivity index (χ1v) is 10.1. The molecule has 0 N–H and O–H groups in total. The van der Waals surface area contributed by atoms with E-state index in [2.05, 4.69) is 4.90 Å². The number of carbonyl (C=O) groups excluding carboxylic acids is 2. The van der Waals surface area contributed by atoms with E-state index in [0.717, 1.165) is 24.5 Å². The maximum absolute atomic E-state index is 13.0. The van der Waals surface area contributed by atoms with Gasteiger partial charge in [0.2, 0.25) is 0 Å². The van der Waals surface area contributed by atoms with E-state index in [-0.39, 0.29) is 11.8 Å². The zero-order valence-corrected chi connectivity index (χ0v) is 17.4. The Morgan fingerprint density at radius 2 is 1.55 bits per heavy atom. The summed E-state index contributed by atoms with van der Waals surface area (Å²) in [5, 5.41) is 0. The number of nitrogens with zero attached hydrogens (tertiary/aromatic N) is 3. The minimum Gasteiger partial charge on any atom is -0.497 e. The number of anilines is 1. The third-order valence-corrected chi connectivity index (χ3v) is 5.41. The summed E-state index contributed by atoms with van der Waals surface area (Å²) in [5.41, 5.74) is 2.27. The summed E-state index contributed by atoms with van der Waals surface area (Å²) in [4.78, 5) is 31.5. The number of amides is 2. The van der Waals surface area contributed by atoms with Crippen LogP contribution in [0.5, 0.6) is 5.75 Å². The van der Waals surface area contributed by atoms with Crippen LogP contribution in [0, 0.1) is 0 Å². The lowest BCUT2D eigenvalue weighted by Gasteiger charge is -2.36. The van der Waals surface area contributed by atoms with Gasteiger partial charge in [0.15, 0.2) is 0 Å². The number of benzene rings is 2. The maximum atomic E-state index is 13.0. The van der Waals surface area contributed by atoms with Gasteiger partial charge in [-0.1, -0.05) is 6.07 Å². The Hall–Kier alpha value is -3.02. The van der Waals surface area contributed by atoms with Crippen LogP contribution in [0.15, 0.2) is 48.5 Å². The lowest BCUT2D eigenvalue weighted by atomic mass is 10.1. The largest absolute Gasteiger partial charge is 0.497 e. The van der Waals surface area contributed by atoms with E-state index in [1.54, 1.807) is 36.3 Å². The second-order valence-corrected chi connectivity index (χ2v) is 7.04. The molecule has 2 aromatic carbocycles. The molecule has 2 aromatic rings. The number of hydrogen-bond donors (Lipinski definition) is 0. The molecule has 6 nitrogen and oxygen atoms in total. The lowest BCUT2D eigenvalue weighted by Crippen LogP contribution is -2.48. The van der Waals surface area contributed by atoms with Crippen LogP contribution in [0.25, 0.3) is 0 Å². The van der Waals surface area contributed by atoms with E-state index >= 15 is 0 Å². The van der Waals surface area contributed by atoms with Gasteiger partial charge < -0.3 is 19.4 Å². The number of methoxy groups -OCH3 is 1. The van der Waals surface area contributed by atoms with Crippen LogP contribution >= 0.6 is 0 Å². The Morgan fingerprint density at radius 3 is 2.14 bits per heavy atom. The summed E-state index contributed by atoms with van der Waals surface area (Å²) in [7, 11) is 1.66. The molecule has 0 unspecified atom stereocenters. The van der Waals surface area contributed by atoms with Crippen LogP contribution in [0.1, 0.15) is 34.6 Å². The van der Waals surface area contributed by atoms with Crippen molar-refractivity contribution in [3.8, 4) is 5.75 Å². The number of carbonyl (C=O) groups is 2. The molecule has 0 radical (unpaired) electrons. The molecule has 1 fully saturated rings. The molecule has 0 aromatic heterocycles. The molecule has 0 spiro atoms. The van der Waals surface area contributed by atoms with Gasteiger partial charge in [-0.15, -0.1) is 0 Å². The van der Waals surface area contributed by atoms with E-state index in [1.165, 1.54) is 0 Å². The first-order valence-electron chi connectivity index (χ1n) is 10.1. The van der Waals surface area contributed by atoms with Gasteiger partial charge in [-0.25, -0.2) is 0 Å². The topological polar surface area (TPSA) is 53.1 Å². The molecule has 29 heavy (non-hydrogen) atoms. The second kappa shape index (κ2) is 9.45. The first-order chi connectivity index (χ1) is 14.1. The SMILES string of the molecule is CCN(CC)C(=O)c1cccc(C(=O)N2CCN(c3ccc(OC)cc3)CC2)c1. The minimum absolute atomic E-state index is 0.0198. The van der Waals surface area contributed by atoms with Gasteiger partial charge in [0.25, 0.3) is 11.8 Å². The van der Waals surface area contributed by atoms with Crippen molar-refractivity contribution in [2.24, 2.45) is 0 Å². The molecular formula is C23H29N3O3. The molecule has 1 heterocycles. The average molecular weight is 396 g/mol. The fourth-order valence-corrected chi connectivity index (χ4v) is 3.62. The average Bonchev–Trinajstić information content (AvgIpc) is 2.79. The highest BCUT2D eigenvalue weighted by Gasteiger charge is 2.23. The van der Waals surface area contributed by atoms with E-state index in [0.29, 0.717) is 37.3 Å². The monoisotopic (exact) mass is 395 g/mol. The highest BCUT2D eigenvalue weighted by molar-refractivity contribution is 5.99. The highest BCUT2D eigenvalue weighted by Crippen LogP contribution is 2.21. The maximum Gasteiger partial charge on any atom is 0.253 e. The van der Waals surface area contributed by atoms with E-state index in [9.17, 15) is 9.59 Å². The summed E-state index contributed by atoms with van der Waals surface area (Å²) in [6.07, 6.45) is 0. The Labute approximate surface area is 172 Å². The predicted octanol–water partition coefficient (Wildman–Crippen LogP) is 3.14. The van der Waals surface area contributed by atoms with Crippen molar-refractivity contribution in [3.63, 3.8) is 0 Å². The van der Waals surface area contributed by atoms with Gasteiger partial charge in [-0.05, 0) is 56.3 Å². The van der Waals surface area contributed by atoms with Crippen molar-refractivity contribution in [3.05, 3.63) is 59.7 Å². The van der Waals surface area contributed by atoms with Crippen LogP contribution in [0.3, 0.4) is 0 Å². The third kappa shape index (κ3) is 4.70. The van der Waals surface area contributed by atoms with Crippen molar-refractivity contribution in [2.75, 3.05) is 51.3 Å². The number of ether oxygens (including phenoxy) is 1. The molecule has 1 aliphatic heterocycles. The zero-order valence-electron chi connectivity index (χ0n) is 17.4. The fourth-order valence-electron chi connectivity index (χ4n) is 3.62. The van der Waals surface area contributed by atoms with Gasteiger partial charge in [0.1, 0.15) is 5.75 Å². The molecule has 0 atom stereocenters. The highest BCUT2D eigenvalue weighted by atomic mass is 16.5. The molecule has 154 valence electrons. The Balaban J connectivity index is 1.64. The van der Waals surface area contributed by atoms with Crippen LogP contribution in [0.4, 0.5) is 5.69 Å². The normalized spacial score (nSPS) is 13.9. The molecule has 2 amide bonds. The lowest BCUT2D eigenvalue weighted by molar-refractivity contribution is 0.0746. The second-order valence-electron chi connectivity index (χ2n) is 7.04. The molecule has 1 saturated heterocycles. The van der Waals surface area contributed by atoms with Crippen molar-refractivity contribution in [2.45, 2.75) is 13.8 Å². The Bertz CT molecular complexity index is 839. The first kappa shape index (κ1) is 20.7. The van der Waals surface area contributed by atoms with Gasteiger partial charge in [-0.3, -0.25) is 9.59 Å². The van der Waals surface area contributed by atoms with E-state index < -0.39 is 0 Å². The summed E-state index contributed by atoms with van der Waals surface area (Å²) >= 11 is 0. The van der Waals surface area contributed by atoms with Gasteiger partial charge in [0, 0.05) is 56.1 Å². The van der Waals surface area contributed by atoms with Gasteiger partial charge in [-0.2, -0.15) is 0 Å². The molecule has 0 bridgehead atoms.